The Labute approximate surface area is 174 Å². The van der Waals surface area contributed by atoms with Gasteiger partial charge in [-0.2, -0.15) is 5.10 Å². The molecule has 152 valence electrons. The van der Waals surface area contributed by atoms with Crippen molar-refractivity contribution < 1.29 is 9.59 Å². The molecule has 0 unspecified atom stereocenters. The van der Waals surface area contributed by atoms with Crippen LogP contribution in [-0.2, 0) is 20.0 Å². The number of rotatable bonds is 5. The number of para-hydroxylation sites is 1. The number of carbonyl (C=O) groups excluding carboxylic acids is 2. The normalized spacial score (nSPS) is 10.9. The van der Waals surface area contributed by atoms with E-state index in [4.69, 9.17) is 0 Å². The van der Waals surface area contributed by atoms with Crippen molar-refractivity contribution in [1.29, 1.82) is 0 Å². The third kappa shape index (κ3) is 3.69. The summed E-state index contributed by atoms with van der Waals surface area (Å²) < 4.78 is 3.70. The molecule has 30 heavy (non-hydrogen) atoms. The first kappa shape index (κ1) is 19.4. The Balaban J connectivity index is 1.48. The second-order valence-electron chi connectivity index (χ2n) is 7.08. The summed E-state index contributed by atoms with van der Waals surface area (Å²) >= 11 is 0. The lowest BCUT2D eigenvalue weighted by Crippen LogP contribution is -2.41. The standard InChI is InChI=1S/C23H23N5O2/c1-3-20-18(13-24-28(20)14-16-9-5-4-6-10-16)22(29)25-26-23(30)19-15-27(2)21-12-8-7-11-17(19)21/h4-13,15H,3,14H2,1-2H3,(H,25,29)(H,26,30). The molecule has 4 aromatic rings. The fourth-order valence-corrected chi connectivity index (χ4v) is 3.64. The molecule has 0 aliphatic heterocycles. The predicted octanol–water partition coefficient (Wildman–Crippen LogP) is 3.06. The van der Waals surface area contributed by atoms with Crippen LogP contribution in [0.2, 0.25) is 0 Å². The van der Waals surface area contributed by atoms with Crippen LogP contribution in [0.25, 0.3) is 10.9 Å². The smallest absolute Gasteiger partial charge is 0.273 e. The van der Waals surface area contributed by atoms with Gasteiger partial charge in [0, 0.05) is 24.1 Å². The minimum atomic E-state index is -0.389. The molecule has 0 saturated heterocycles. The molecule has 0 saturated carbocycles. The number of hydrogen-bond donors (Lipinski definition) is 2. The molecule has 2 aromatic heterocycles. The first-order chi connectivity index (χ1) is 14.6. The lowest BCUT2D eigenvalue weighted by molar-refractivity contribution is 0.0847. The van der Waals surface area contributed by atoms with Crippen LogP contribution in [0, 0.1) is 0 Å². The lowest BCUT2D eigenvalue weighted by Gasteiger charge is -2.09. The zero-order valence-electron chi connectivity index (χ0n) is 16.9. The molecule has 7 heteroatoms. The van der Waals surface area contributed by atoms with Gasteiger partial charge < -0.3 is 4.57 Å². The van der Waals surface area contributed by atoms with E-state index in [1.54, 1.807) is 12.4 Å². The zero-order chi connectivity index (χ0) is 21.1. The predicted molar refractivity (Wildman–Crippen MR) is 115 cm³/mol. The third-order valence-corrected chi connectivity index (χ3v) is 5.13. The molecule has 2 heterocycles. The summed E-state index contributed by atoms with van der Waals surface area (Å²) in [5, 5.41) is 5.20. The van der Waals surface area contributed by atoms with Crippen LogP contribution in [0.1, 0.15) is 38.9 Å². The topological polar surface area (TPSA) is 81.0 Å². The van der Waals surface area contributed by atoms with E-state index in [9.17, 15) is 9.59 Å². The number of benzene rings is 2. The molecule has 2 aromatic carbocycles. The van der Waals surface area contributed by atoms with Crippen LogP contribution in [0.5, 0.6) is 0 Å². The van der Waals surface area contributed by atoms with Gasteiger partial charge in [0.2, 0.25) is 0 Å². The van der Waals surface area contributed by atoms with E-state index in [1.165, 1.54) is 0 Å². The molecule has 2 N–H and O–H groups in total. The van der Waals surface area contributed by atoms with Crippen molar-refractivity contribution in [2.45, 2.75) is 19.9 Å². The molecule has 0 fully saturated rings. The SMILES string of the molecule is CCc1c(C(=O)NNC(=O)c2cn(C)c3ccccc23)cnn1Cc1ccccc1. The number of hydrazine groups is 1. The first-order valence-corrected chi connectivity index (χ1v) is 9.81. The Morgan fingerprint density at radius 2 is 1.60 bits per heavy atom. The van der Waals surface area contributed by atoms with Gasteiger partial charge in [-0.15, -0.1) is 0 Å². The molecular weight excluding hydrogens is 378 g/mol. The summed E-state index contributed by atoms with van der Waals surface area (Å²) in [6, 6.07) is 17.6. The van der Waals surface area contributed by atoms with Gasteiger partial charge >= 0.3 is 0 Å². The van der Waals surface area contributed by atoms with Crippen LogP contribution in [0.4, 0.5) is 0 Å². The van der Waals surface area contributed by atoms with Gasteiger partial charge in [0.15, 0.2) is 0 Å². The molecule has 0 bridgehead atoms. The maximum atomic E-state index is 12.7. The monoisotopic (exact) mass is 401 g/mol. The summed E-state index contributed by atoms with van der Waals surface area (Å²) in [5.41, 5.74) is 8.87. The summed E-state index contributed by atoms with van der Waals surface area (Å²) in [6.07, 6.45) is 3.94. The first-order valence-electron chi connectivity index (χ1n) is 9.81. The fourth-order valence-electron chi connectivity index (χ4n) is 3.64. The van der Waals surface area contributed by atoms with E-state index >= 15 is 0 Å². The van der Waals surface area contributed by atoms with Crippen molar-refractivity contribution in [1.82, 2.24) is 25.2 Å². The number of nitrogens with one attached hydrogen (secondary N) is 2. The van der Waals surface area contributed by atoms with Crippen LogP contribution >= 0.6 is 0 Å². The van der Waals surface area contributed by atoms with E-state index < -0.39 is 0 Å². The molecular formula is C23H23N5O2. The van der Waals surface area contributed by atoms with Gasteiger partial charge in [0.05, 0.1) is 29.6 Å². The Kier molecular flexibility index (Phi) is 5.34. The van der Waals surface area contributed by atoms with Crippen molar-refractivity contribution in [2.75, 3.05) is 0 Å². The van der Waals surface area contributed by atoms with E-state index in [1.807, 2.05) is 77.8 Å². The van der Waals surface area contributed by atoms with Crippen molar-refractivity contribution in [3.63, 3.8) is 0 Å². The summed E-state index contributed by atoms with van der Waals surface area (Å²) in [7, 11) is 1.88. The van der Waals surface area contributed by atoms with Crippen LogP contribution in [0.3, 0.4) is 0 Å². The third-order valence-electron chi connectivity index (χ3n) is 5.13. The van der Waals surface area contributed by atoms with Gasteiger partial charge in [-0.1, -0.05) is 55.5 Å². The molecule has 0 atom stereocenters. The highest BCUT2D eigenvalue weighted by Crippen LogP contribution is 2.20. The maximum Gasteiger partial charge on any atom is 0.273 e. The van der Waals surface area contributed by atoms with Gasteiger partial charge in [0.1, 0.15) is 0 Å². The van der Waals surface area contributed by atoms with Gasteiger partial charge in [-0.25, -0.2) is 0 Å². The lowest BCUT2D eigenvalue weighted by atomic mass is 10.1. The van der Waals surface area contributed by atoms with Crippen LogP contribution in [-0.4, -0.2) is 26.2 Å². The van der Waals surface area contributed by atoms with Crippen LogP contribution in [0.15, 0.2) is 67.0 Å². The van der Waals surface area contributed by atoms with Gasteiger partial charge in [0.25, 0.3) is 11.8 Å². The molecule has 7 nitrogen and oxygen atoms in total. The number of aryl methyl sites for hydroxylation is 1. The van der Waals surface area contributed by atoms with Crippen LogP contribution < -0.4 is 10.9 Å². The number of carbonyl (C=O) groups is 2. The fraction of sp³-hybridized carbons (Fsp3) is 0.174. The number of aromatic nitrogens is 3. The summed E-state index contributed by atoms with van der Waals surface area (Å²) in [6.45, 7) is 2.56. The van der Waals surface area contributed by atoms with E-state index in [0.29, 0.717) is 24.1 Å². The van der Waals surface area contributed by atoms with Crippen molar-refractivity contribution in [2.24, 2.45) is 7.05 Å². The minimum Gasteiger partial charge on any atom is -0.350 e. The van der Waals surface area contributed by atoms with Gasteiger partial charge in [-0.3, -0.25) is 25.1 Å². The van der Waals surface area contributed by atoms with Crippen molar-refractivity contribution in [3.05, 3.63) is 89.4 Å². The Morgan fingerprint density at radius 1 is 0.933 bits per heavy atom. The number of hydrogen-bond acceptors (Lipinski definition) is 3. The maximum absolute atomic E-state index is 12.7. The highest BCUT2D eigenvalue weighted by atomic mass is 16.2. The largest absolute Gasteiger partial charge is 0.350 e. The average Bonchev–Trinajstić information content (AvgIpc) is 3.33. The minimum absolute atomic E-state index is 0.366. The molecule has 0 spiro atoms. The second kappa shape index (κ2) is 8.24. The Bertz CT molecular complexity index is 1210. The number of fused-ring (bicyclic) bond motifs is 1. The second-order valence-corrected chi connectivity index (χ2v) is 7.08. The molecule has 4 rings (SSSR count). The van der Waals surface area contributed by atoms with E-state index in [0.717, 1.165) is 22.2 Å². The highest BCUT2D eigenvalue weighted by molar-refractivity contribution is 6.08. The molecule has 2 amide bonds. The molecule has 0 aliphatic carbocycles. The Hall–Kier alpha value is -3.87. The van der Waals surface area contributed by atoms with E-state index in [2.05, 4.69) is 16.0 Å². The Morgan fingerprint density at radius 3 is 2.33 bits per heavy atom. The molecule has 0 radical (unpaired) electrons. The number of nitrogens with zero attached hydrogens (tertiary/aromatic N) is 3. The molecule has 0 aliphatic rings. The summed E-state index contributed by atoms with van der Waals surface area (Å²) in [5.74, 6) is -0.755. The number of amides is 2. The summed E-state index contributed by atoms with van der Waals surface area (Å²) in [4.78, 5) is 25.4. The van der Waals surface area contributed by atoms with Crippen molar-refractivity contribution >= 4 is 22.7 Å². The quantitative estimate of drug-likeness (QED) is 0.505. The average molecular weight is 401 g/mol. The van der Waals surface area contributed by atoms with E-state index in [-0.39, 0.29) is 11.8 Å². The highest BCUT2D eigenvalue weighted by Gasteiger charge is 2.18. The zero-order valence-corrected chi connectivity index (χ0v) is 16.9. The van der Waals surface area contributed by atoms with Gasteiger partial charge in [-0.05, 0) is 18.1 Å². The van der Waals surface area contributed by atoms with Crippen molar-refractivity contribution in [3.8, 4) is 0 Å².